The van der Waals surface area contributed by atoms with Crippen LogP contribution in [-0.4, -0.2) is 18.6 Å². The molecule has 12 heavy (non-hydrogen) atoms. The van der Waals surface area contributed by atoms with E-state index in [4.69, 9.17) is 10.5 Å². The minimum atomic E-state index is -0.0297. The molecule has 3 nitrogen and oxygen atoms in total. The second-order valence-corrected chi connectivity index (χ2v) is 3.82. The molecule has 68 valence electrons. The molecular weight excluding hydrogens is 154 g/mol. The first-order chi connectivity index (χ1) is 5.74. The van der Waals surface area contributed by atoms with Gasteiger partial charge < -0.3 is 10.5 Å². The summed E-state index contributed by atoms with van der Waals surface area (Å²) in [4.78, 5) is 11.4. The van der Waals surface area contributed by atoms with Gasteiger partial charge >= 0.3 is 5.97 Å². The molecule has 2 aliphatic rings. The summed E-state index contributed by atoms with van der Waals surface area (Å²) in [6.07, 6.45) is 1.98. The largest absolute Gasteiger partial charge is 0.466 e. The van der Waals surface area contributed by atoms with Crippen molar-refractivity contribution < 1.29 is 9.53 Å². The quantitative estimate of drug-likeness (QED) is 0.613. The molecular formula is C9H15NO2. The lowest BCUT2D eigenvalue weighted by atomic mass is 10.0. The van der Waals surface area contributed by atoms with Gasteiger partial charge in [-0.3, -0.25) is 4.79 Å². The van der Waals surface area contributed by atoms with Gasteiger partial charge in [0.15, 0.2) is 0 Å². The summed E-state index contributed by atoms with van der Waals surface area (Å²) in [6, 6.07) is 0.254. The number of esters is 1. The van der Waals surface area contributed by atoms with Crippen LogP contribution in [0.15, 0.2) is 0 Å². The molecule has 3 heteroatoms. The van der Waals surface area contributed by atoms with E-state index in [-0.39, 0.29) is 17.9 Å². The molecule has 0 bridgehead atoms. The van der Waals surface area contributed by atoms with Crippen molar-refractivity contribution in [1.29, 1.82) is 0 Å². The molecule has 2 N–H and O–H groups in total. The highest BCUT2D eigenvalue weighted by atomic mass is 16.5. The van der Waals surface area contributed by atoms with Gasteiger partial charge in [0.1, 0.15) is 0 Å². The summed E-state index contributed by atoms with van der Waals surface area (Å²) in [5.41, 5.74) is 5.84. The maximum Gasteiger partial charge on any atom is 0.309 e. The summed E-state index contributed by atoms with van der Waals surface area (Å²) in [7, 11) is 0. The van der Waals surface area contributed by atoms with E-state index in [0.717, 1.165) is 12.8 Å². The molecule has 0 amide bonds. The van der Waals surface area contributed by atoms with Crippen LogP contribution in [-0.2, 0) is 9.53 Å². The number of ether oxygens (including phenoxy) is 1. The lowest BCUT2D eigenvalue weighted by Gasteiger charge is -2.11. The fourth-order valence-corrected chi connectivity index (χ4v) is 2.35. The zero-order valence-electron chi connectivity index (χ0n) is 7.32. The monoisotopic (exact) mass is 169 g/mol. The Morgan fingerprint density at radius 2 is 2.25 bits per heavy atom. The molecule has 0 saturated heterocycles. The van der Waals surface area contributed by atoms with Crippen molar-refractivity contribution in [3.8, 4) is 0 Å². The topological polar surface area (TPSA) is 52.3 Å². The summed E-state index contributed by atoms with van der Waals surface area (Å²) in [6.45, 7) is 2.33. The third-order valence-corrected chi connectivity index (χ3v) is 3.07. The lowest BCUT2D eigenvalue weighted by Crippen LogP contribution is -2.24. The van der Waals surface area contributed by atoms with E-state index in [2.05, 4.69) is 0 Å². The Morgan fingerprint density at radius 1 is 1.50 bits per heavy atom. The van der Waals surface area contributed by atoms with E-state index in [0.29, 0.717) is 18.4 Å². The zero-order valence-corrected chi connectivity index (χ0v) is 7.32. The van der Waals surface area contributed by atoms with E-state index in [1.54, 1.807) is 0 Å². The van der Waals surface area contributed by atoms with Crippen LogP contribution in [0.3, 0.4) is 0 Å². The molecule has 0 spiro atoms. The number of hydrogen-bond donors (Lipinski definition) is 1. The minimum absolute atomic E-state index is 0.0297. The lowest BCUT2D eigenvalue weighted by molar-refractivity contribution is -0.148. The molecule has 2 aliphatic carbocycles. The van der Waals surface area contributed by atoms with Gasteiger partial charge in [0.05, 0.1) is 12.5 Å². The maximum absolute atomic E-state index is 11.4. The Bertz CT molecular complexity index is 205. The van der Waals surface area contributed by atoms with Gasteiger partial charge in [-0.05, 0) is 31.6 Å². The molecule has 2 rings (SSSR count). The van der Waals surface area contributed by atoms with Gasteiger partial charge in [0.2, 0.25) is 0 Å². The highest BCUT2D eigenvalue weighted by Crippen LogP contribution is 2.54. The van der Waals surface area contributed by atoms with Crippen LogP contribution >= 0.6 is 0 Å². The van der Waals surface area contributed by atoms with Crippen molar-refractivity contribution in [2.75, 3.05) is 6.61 Å². The molecule has 0 aromatic carbocycles. The van der Waals surface area contributed by atoms with E-state index in [1.807, 2.05) is 6.92 Å². The maximum atomic E-state index is 11.4. The predicted octanol–water partition coefficient (Wildman–Crippen LogP) is 0.533. The van der Waals surface area contributed by atoms with E-state index >= 15 is 0 Å². The normalized spacial score (nSPS) is 43.8. The van der Waals surface area contributed by atoms with Crippen LogP contribution in [0.25, 0.3) is 0 Å². The van der Waals surface area contributed by atoms with Crippen molar-refractivity contribution in [3.63, 3.8) is 0 Å². The second-order valence-electron chi connectivity index (χ2n) is 3.82. The van der Waals surface area contributed by atoms with Crippen LogP contribution in [0.1, 0.15) is 19.8 Å². The molecule has 4 atom stereocenters. The minimum Gasteiger partial charge on any atom is -0.466 e. The Hall–Kier alpha value is -0.570. The van der Waals surface area contributed by atoms with Crippen molar-refractivity contribution in [2.45, 2.75) is 25.8 Å². The van der Waals surface area contributed by atoms with Crippen LogP contribution in [0.2, 0.25) is 0 Å². The summed E-state index contributed by atoms with van der Waals surface area (Å²) < 4.78 is 4.98. The first-order valence-electron chi connectivity index (χ1n) is 4.66. The van der Waals surface area contributed by atoms with E-state index < -0.39 is 0 Å². The second kappa shape index (κ2) is 2.73. The number of carbonyl (C=O) groups excluding carboxylic acids is 1. The average molecular weight is 169 g/mol. The molecule has 2 fully saturated rings. The SMILES string of the molecule is CCOC(=O)[C@@H]1C[C@H](N)[C@H]2C[C@H]21. The van der Waals surface area contributed by atoms with Gasteiger partial charge in [-0.15, -0.1) is 0 Å². The van der Waals surface area contributed by atoms with Crippen LogP contribution < -0.4 is 5.73 Å². The predicted molar refractivity (Wildman–Crippen MR) is 44.3 cm³/mol. The number of hydrogen-bond acceptors (Lipinski definition) is 3. The zero-order chi connectivity index (χ0) is 8.72. The van der Waals surface area contributed by atoms with Crippen LogP contribution in [0.5, 0.6) is 0 Å². The fourth-order valence-electron chi connectivity index (χ4n) is 2.35. The third kappa shape index (κ3) is 1.12. The van der Waals surface area contributed by atoms with E-state index in [1.165, 1.54) is 0 Å². The van der Waals surface area contributed by atoms with Crippen molar-refractivity contribution >= 4 is 5.97 Å². The molecule has 0 radical (unpaired) electrons. The summed E-state index contributed by atoms with van der Waals surface area (Å²) in [5.74, 6) is 1.27. The number of rotatable bonds is 2. The van der Waals surface area contributed by atoms with Gasteiger partial charge in [-0.25, -0.2) is 0 Å². The first-order valence-corrected chi connectivity index (χ1v) is 4.66. The number of fused-ring (bicyclic) bond motifs is 1. The highest BCUT2D eigenvalue weighted by Gasteiger charge is 2.55. The van der Waals surface area contributed by atoms with Gasteiger partial charge in [-0.2, -0.15) is 0 Å². The molecule has 0 aromatic heterocycles. The fraction of sp³-hybridized carbons (Fsp3) is 0.889. The first kappa shape index (κ1) is 8.05. The van der Waals surface area contributed by atoms with Gasteiger partial charge in [0, 0.05) is 6.04 Å². The third-order valence-electron chi connectivity index (χ3n) is 3.07. The Balaban J connectivity index is 1.93. The average Bonchev–Trinajstić information content (AvgIpc) is 2.74. The summed E-state index contributed by atoms with van der Waals surface area (Å²) >= 11 is 0. The number of carbonyl (C=O) groups is 1. The van der Waals surface area contributed by atoms with Crippen LogP contribution in [0, 0.1) is 17.8 Å². The highest BCUT2D eigenvalue weighted by molar-refractivity contribution is 5.74. The Kier molecular flexibility index (Phi) is 1.83. The molecule has 0 heterocycles. The molecule has 0 aliphatic heterocycles. The number of nitrogens with two attached hydrogens (primary N) is 1. The smallest absolute Gasteiger partial charge is 0.309 e. The Morgan fingerprint density at radius 3 is 2.67 bits per heavy atom. The standard InChI is InChI=1S/C9H15NO2/c1-2-12-9(11)7-4-8(10)6-3-5(6)7/h5-8H,2-4,10H2,1H3/t5-,6+,7-,8+/m1/s1. The molecule has 2 saturated carbocycles. The molecule has 0 unspecified atom stereocenters. The van der Waals surface area contributed by atoms with E-state index in [9.17, 15) is 4.79 Å². The van der Waals surface area contributed by atoms with Gasteiger partial charge in [0.25, 0.3) is 0 Å². The van der Waals surface area contributed by atoms with Crippen molar-refractivity contribution in [2.24, 2.45) is 23.5 Å². The van der Waals surface area contributed by atoms with Crippen molar-refractivity contribution in [1.82, 2.24) is 0 Å². The van der Waals surface area contributed by atoms with Gasteiger partial charge in [-0.1, -0.05) is 0 Å². The molecule has 0 aromatic rings. The summed E-state index contributed by atoms with van der Waals surface area (Å²) in [5, 5.41) is 0. The van der Waals surface area contributed by atoms with Crippen LogP contribution in [0.4, 0.5) is 0 Å². The van der Waals surface area contributed by atoms with Crippen molar-refractivity contribution in [3.05, 3.63) is 0 Å². The Labute approximate surface area is 72.3 Å².